The summed E-state index contributed by atoms with van der Waals surface area (Å²) in [6.07, 6.45) is 2.52. The molecule has 1 atom stereocenters. The van der Waals surface area contributed by atoms with Crippen LogP contribution in [-0.2, 0) is 18.3 Å². The Morgan fingerprint density at radius 2 is 2.15 bits per heavy atom. The summed E-state index contributed by atoms with van der Waals surface area (Å²) < 4.78 is 7.96. The predicted octanol–water partition coefficient (Wildman–Crippen LogP) is 1.60. The number of hydrogen-bond donors (Lipinski definition) is 1. The Morgan fingerprint density at radius 1 is 1.30 bits per heavy atom. The van der Waals surface area contributed by atoms with Gasteiger partial charge in [0.2, 0.25) is 0 Å². The molecule has 1 aromatic carbocycles. The molecule has 0 spiro atoms. The van der Waals surface area contributed by atoms with Crippen LogP contribution in [0.4, 0.5) is 0 Å². The molecule has 20 heavy (non-hydrogen) atoms. The van der Waals surface area contributed by atoms with Crippen molar-refractivity contribution in [2.24, 2.45) is 7.05 Å². The van der Waals surface area contributed by atoms with Crippen LogP contribution in [0.5, 0.6) is 0 Å². The van der Waals surface area contributed by atoms with Crippen molar-refractivity contribution in [1.29, 1.82) is 0 Å². The van der Waals surface area contributed by atoms with Gasteiger partial charge in [0.25, 0.3) is 0 Å². The maximum absolute atomic E-state index is 5.77. The highest BCUT2D eigenvalue weighted by atomic mass is 16.5. The van der Waals surface area contributed by atoms with Crippen molar-refractivity contribution >= 4 is 10.9 Å². The van der Waals surface area contributed by atoms with Crippen molar-refractivity contribution in [2.45, 2.75) is 12.6 Å². The molecule has 1 aliphatic heterocycles. The molecule has 1 saturated heterocycles. The van der Waals surface area contributed by atoms with E-state index < -0.39 is 0 Å². The van der Waals surface area contributed by atoms with Crippen molar-refractivity contribution in [1.82, 2.24) is 14.8 Å². The van der Waals surface area contributed by atoms with Crippen molar-refractivity contribution in [3.8, 4) is 0 Å². The molecule has 1 N–H and O–H groups in total. The average Bonchev–Trinajstić information content (AvgIpc) is 2.77. The van der Waals surface area contributed by atoms with E-state index in [0.29, 0.717) is 6.10 Å². The van der Waals surface area contributed by atoms with Gasteiger partial charge in [0.05, 0.1) is 12.7 Å². The third-order valence-corrected chi connectivity index (χ3v) is 4.01. The highest BCUT2D eigenvalue weighted by Crippen LogP contribution is 2.19. The SMILES string of the molecule is CN1CCOC(CNCc2cn(C)c3ccccc23)C1. The third kappa shape index (κ3) is 2.87. The molecule has 4 heteroatoms. The topological polar surface area (TPSA) is 29.4 Å². The summed E-state index contributed by atoms with van der Waals surface area (Å²) in [5, 5.41) is 4.87. The first-order valence-electron chi connectivity index (χ1n) is 7.28. The first-order chi connectivity index (χ1) is 9.74. The third-order valence-electron chi connectivity index (χ3n) is 4.01. The lowest BCUT2D eigenvalue weighted by Crippen LogP contribution is -2.44. The molecule has 2 heterocycles. The van der Waals surface area contributed by atoms with Crippen molar-refractivity contribution in [3.05, 3.63) is 36.0 Å². The minimum Gasteiger partial charge on any atom is -0.374 e. The first-order valence-corrected chi connectivity index (χ1v) is 7.28. The molecule has 1 unspecified atom stereocenters. The minimum atomic E-state index is 0.309. The van der Waals surface area contributed by atoms with E-state index in [9.17, 15) is 0 Å². The van der Waals surface area contributed by atoms with Gasteiger partial charge < -0.3 is 19.5 Å². The number of nitrogens with zero attached hydrogens (tertiary/aromatic N) is 2. The van der Waals surface area contributed by atoms with E-state index in [1.807, 2.05) is 0 Å². The van der Waals surface area contributed by atoms with Crippen LogP contribution in [0.1, 0.15) is 5.56 Å². The zero-order valence-corrected chi connectivity index (χ0v) is 12.3. The molecule has 3 rings (SSSR count). The fourth-order valence-electron chi connectivity index (χ4n) is 2.92. The lowest BCUT2D eigenvalue weighted by atomic mass is 10.2. The van der Waals surface area contributed by atoms with Gasteiger partial charge in [-0.3, -0.25) is 0 Å². The van der Waals surface area contributed by atoms with Crippen LogP contribution >= 0.6 is 0 Å². The van der Waals surface area contributed by atoms with Gasteiger partial charge in [0.15, 0.2) is 0 Å². The fourth-order valence-corrected chi connectivity index (χ4v) is 2.92. The number of aromatic nitrogens is 1. The highest BCUT2D eigenvalue weighted by Gasteiger charge is 2.17. The zero-order chi connectivity index (χ0) is 13.9. The summed E-state index contributed by atoms with van der Waals surface area (Å²) in [6, 6.07) is 8.55. The van der Waals surface area contributed by atoms with Gasteiger partial charge in [-0.25, -0.2) is 0 Å². The Bertz CT molecular complexity index is 578. The summed E-state index contributed by atoms with van der Waals surface area (Å²) in [5.74, 6) is 0. The molecule has 0 aliphatic carbocycles. The molecule has 2 aromatic rings. The van der Waals surface area contributed by atoms with Crippen LogP contribution in [0.15, 0.2) is 30.5 Å². The largest absolute Gasteiger partial charge is 0.374 e. The molecule has 0 amide bonds. The Morgan fingerprint density at radius 3 is 3.00 bits per heavy atom. The predicted molar refractivity (Wildman–Crippen MR) is 81.9 cm³/mol. The van der Waals surface area contributed by atoms with E-state index >= 15 is 0 Å². The number of likely N-dealkylation sites (N-methyl/N-ethyl adjacent to an activating group) is 1. The Kier molecular flexibility index (Phi) is 4.05. The molecule has 1 fully saturated rings. The normalized spacial score (nSPS) is 20.6. The number of rotatable bonds is 4. The van der Waals surface area contributed by atoms with E-state index in [-0.39, 0.29) is 0 Å². The summed E-state index contributed by atoms with van der Waals surface area (Å²) in [6.45, 7) is 4.71. The quantitative estimate of drug-likeness (QED) is 0.917. The average molecular weight is 273 g/mol. The molecular formula is C16H23N3O. The van der Waals surface area contributed by atoms with Crippen LogP contribution in [0.2, 0.25) is 0 Å². The van der Waals surface area contributed by atoms with Gasteiger partial charge in [0, 0.05) is 50.3 Å². The smallest absolute Gasteiger partial charge is 0.0826 e. The molecule has 0 bridgehead atoms. The van der Waals surface area contributed by atoms with E-state index in [2.05, 4.69) is 59.3 Å². The first kappa shape index (κ1) is 13.6. The number of ether oxygens (including phenoxy) is 1. The van der Waals surface area contributed by atoms with Gasteiger partial charge in [0.1, 0.15) is 0 Å². The van der Waals surface area contributed by atoms with E-state index in [0.717, 1.165) is 32.8 Å². The number of benzene rings is 1. The number of morpholine rings is 1. The lowest BCUT2D eigenvalue weighted by molar-refractivity contribution is -0.0182. The van der Waals surface area contributed by atoms with E-state index in [1.165, 1.54) is 16.5 Å². The minimum absolute atomic E-state index is 0.309. The van der Waals surface area contributed by atoms with Crippen LogP contribution in [0.25, 0.3) is 10.9 Å². The molecule has 4 nitrogen and oxygen atoms in total. The van der Waals surface area contributed by atoms with Crippen LogP contribution in [0.3, 0.4) is 0 Å². The number of para-hydroxylation sites is 1. The molecule has 1 aromatic heterocycles. The summed E-state index contributed by atoms with van der Waals surface area (Å²) >= 11 is 0. The van der Waals surface area contributed by atoms with Gasteiger partial charge in [-0.05, 0) is 18.7 Å². The fraction of sp³-hybridized carbons (Fsp3) is 0.500. The second kappa shape index (κ2) is 5.95. The van der Waals surface area contributed by atoms with E-state index in [1.54, 1.807) is 0 Å². The number of nitrogens with one attached hydrogen (secondary N) is 1. The number of fused-ring (bicyclic) bond motifs is 1. The summed E-state index contributed by atoms with van der Waals surface area (Å²) in [5.41, 5.74) is 2.64. The molecule has 1 aliphatic rings. The van der Waals surface area contributed by atoms with Gasteiger partial charge in [-0.1, -0.05) is 18.2 Å². The Hall–Kier alpha value is -1.36. The summed E-state index contributed by atoms with van der Waals surface area (Å²) in [4.78, 5) is 2.33. The van der Waals surface area contributed by atoms with Gasteiger partial charge >= 0.3 is 0 Å². The maximum atomic E-state index is 5.77. The van der Waals surface area contributed by atoms with Gasteiger partial charge in [-0.2, -0.15) is 0 Å². The van der Waals surface area contributed by atoms with Gasteiger partial charge in [-0.15, -0.1) is 0 Å². The molecule has 108 valence electrons. The van der Waals surface area contributed by atoms with E-state index in [4.69, 9.17) is 4.74 Å². The van der Waals surface area contributed by atoms with Crippen LogP contribution in [-0.4, -0.2) is 48.9 Å². The number of aryl methyl sites for hydroxylation is 1. The van der Waals surface area contributed by atoms with Crippen molar-refractivity contribution in [2.75, 3.05) is 33.3 Å². The monoisotopic (exact) mass is 273 g/mol. The highest BCUT2D eigenvalue weighted by molar-refractivity contribution is 5.83. The van der Waals surface area contributed by atoms with Crippen molar-refractivity contribution in [3.63, 3.8) is 0 Å². The second-order valence-electron chi connectivity index (χ2n) is 5.67. The second-order valence-corrected chi connectivity index (χ2v) is 5.67. The lowest BCUT2D eigenvalue weighted by Gasteiger charge is -2.30. The maximum Gasteiger partial charge on any atom is 0.0826 e. The Balaban J connectivity index is 1.60. The Labute approximate surface area is 120 Å². The standard InChI is InChI=1S/C16H23N3O/c1-18-7-8-20-14(12-18)10-17-9-13-11-19(2)16-6-4-3-5-15(13)16/h3-6,11,14,17H,7-10,12H2,1-2H3. The molecule has 0 radical (unpaired) electrons. The molecule has 0 saturated carbocycles. The zero-order valence-electron chi connectivity index (χ0n) is 12.3. The van der Waals surface area contributed by atoms with Crippen molar-refractivity contribution < 1.29 is 4.74 Å². The van der Waals surface area contributed by atoms with Crippen LogP contribution < -0.4 is 5.32 Å². The number of hydrogen-bond acceptors (Lipinski definition) is 3. The molecular weight excluding hydrogens is 250 g/mol. The van der Waals surface area contributed by atoms with Crippen LogP contribution in [0, 0.1) is 0 Å². The summed E-state index contributed by atoms with van der Waals surface area (Å²) in [7, 11) is 4.26.